The highest BCUT2D eigenvalue weighted by molar-refractivity contribution is 5.24. The zero-order valence-corrected chi connectivity index (χ0v) is 11.7. The van der Waals surface area contributed by atoms with E-state index in [9.17, 15) is 4.39 Å². The minimum atomic E-state index is -0.0653. The van der Waals surface area contributed by atoms with Crippen LogP contribution in [0.5, 0.6) is 0 Å². The molecule has 0 atom stereocenters. The molecule has 0 bridgehead atoms. The van der Waals surface area contributed by atoms with Crippen LogP contribution < -0.4 is 5.32 Å². The molecule has 0 spiro atoms. The van der Waals surface area contributed by atoms with Crippen LogP contribution >= 0.6 is 0 Å². The van der Waals surface area contributed by atoms with E-state index < -0.39 is 0 Å². The highest BCUT2D eigenvalue weighted by atomic mass is 19.1. The number of aromatic nitrogens is 2. The second-order valence-corrected chi connectivity index (χ2v) is 5.57. The zero-order valence-electron chi connectivity index (χ0n) is 11.7. The van der Waals surface area contributed by atoms with Crippen molar-refractivity contribution in [2.75, 3.05) is 6.54 Å². The fraction of sp³-hybridized carbons (Fsp3) is 0.438. The van der Waals surface area contributed by atoms with Gasteiger partial charge in [0.25, 0.3) is 0 Å². The van der Waals surface area contributed by atoms with Crippen molar-refractivity contribution < 1.29 is 4.39 Å². The first kappa shape index (κ1) is 13.3. The van der Waals surface area contributed by atoms with E-state index in [4.69, 9.17) is 0 Å². The van der Waals surface area contributed by atoms with Crippen molar-refractivity contribution >= 4 is 0 Å². The predicted molar refractivity (Wildman–Crippen MR) is 77.1 cm³/mol. The van der Waals surface area contributed by atoms with Crippen LogP contribution in [-0.4, -0.2) is 22.4 Å². The summed E-state index contributed by atoms with van der Waals surface area (Å²) in [6.07, 6.45) is 4.97. The normalized spacial score (nSPS) is 21.7. The molecular formula is C16H20FN3. The molecule has 1 aliphatic carbocycles. The van der Waals surface area contributed by atoms with E-state index >= 15 is 0 Å². The van der Waals surface area contributed by atoms with Gasteiger partial charge in [-0.25, -0.2) is 4.39 Å². The number of nitrogens with zero attached hydrogens (tertiary/aromatic N) is 2. The van der Waals surface area contributed by atoms with Crippen molar-refractivity contribution in [2.24, 2.45) is 7.05 Å². The highest BCUT2D eigenvalue weighted by Gasteiger charge is 2.31. The maximum Gasteiger partial charge on any atom is 0.126 e. The van der Waals surface area contributed by atoms with Crippen molar-refractivity contribution in [3.63, 3.8) is 0 Å². The molecule has 1 N–H and O–H groups in total. The van der Waals surface area contributed by atoms with E-state index in [1.54, 1.807) is 12.1 Å². The van der Waals surface area contributed by atoms with Crippen LogP contribution in [0.2, 0.25) is 0 Å². The smallest absolute Gasteiger partial charge is 0.126 e. The Labute approximate surface area is 118 Å². The average Bonchev–Trinajstić information content (AvgIpc) is 2.79. The van der Waals surface area contributed by atoms with Gasteiger partial charge in [-0.2, -0.15) is 5.10 Å². The summed E-state index contributed by atoms with van der Waals surface area (Å²) < 4.78 is 15.5. The molecule has 1 heterocycles. The van der Waals surface area contributed by atoms with E-state index in [2.05, 4.69) is 10.4 Å². The minimum absolute atomic E-state index is 0.0653. The van der Waals surface area contributed by atoms with Gasteiger partial charge in [0.1, 0.15) is 5.82 Å². The summed E-state index contributed by atoms with van der Waals surface area (Å²) in [5.74, 6) is 0.313. The molecule has 1 aromatic carbocycles. The number of rotatable bonds is 5. The number of benzene rings is 1. The minimum Gasteiger partial charge on any atom is -0.314 e. The van der Waals surface area contributed by atoms with Crippen LogP contribution in [0, 0.1) is 5.82 Å². The summed E-state index contributed by atoms with van der Waals surface area (Å²) >= 11 is 0. The number of aryl methyl sites for hydroxylation is 1. The average molecular weight is 273 g/mol. The molecule has 3 rings (SSSR count). The molecule has 0 unspecified atom stereocenters. The summed E-state index contributed by atoms with van der Waals surface area (Å²) in [6.45, 7) is 0.936. The lowest BCUT2D eigenvalue weighted by Crippen LogP contribution is -2.41. The fourth-order valence-corrected chi connectivity index (χ4v) is 2.85. The van der Waals surface area contributed by atoms with Crippen molar-refractivity contribution in [3.8, 4) is 0 Å². The molecule has 0 aliphatic heterocycles. The standard InChI is InChI=1S/C16H20FN3/c1-20-9-7-13(19-20)6-8-18-14-10-12(11-14)15-4-2-3-5-16(15)17/h2-5,7,9,12,14,18H,6,8,10-11H2,1H3. The number of halogens is 1. The Balaban J connectivity index is 1.41. The first-order valence-electron chi connectivity index (χ1n) is 7.18. The third-order valence-corrected chi connectivity index (χ3v) is 4.07. The SMILES string of the molecule is Cn1ccc(CCNC2CC(c3ccccc3F)C2)n1. The van der Waals surface area contributed by atoms with Gasteiger partial charge < -0.3 is 5.32 Å². The second-order valence-electron chi connectivity index (χ2n) is 5.57. The maximum absolute atomic E-state index is 13.6. The van der Waals surface area contributed by atoms with Gasteiger partial charge in [0, 0.05) is 32.3 Å². The van der Waals surface area contributed by atoms with Crippen LogP contribution in [0.1, 0.15) is 30.0 Å². The van der Waals surface area contributed by atoms with Crippen LogP contribution in [-0.2, 0) is 13.5 Å². The number of hydrogen-bond donors (Lipinski definition) is 1. The summed E-state index contributed by atoms with van der Waals surface area (Å²) in [6, 6.07) is 9.69. The third-order valence-electron chi connectivity index (χ3n) is 4.07. The lowest BCUT2D eigenvalue weighted by molar-refractivity contribution is 0.287. The van der Waals surface area contributed by atoms with E-state index in [-0.39, 0.29) is 5.82 Å². The van der Waals surface area contributed by atoms with Crippen molar-refractivity contribution in [3.05, 3.63) is 53.6 Å². The summed E-state index contributed by atoms with van der Waals surface area (Å²) in [7, 11) is 1.93. The monoisotopic (exact) mass is 273 g/mol. The summed E-state index contributed by atoms with van der Waals surface area (Å²) in [5, 5.41) is 7.88. The van der Waals surface area contributed by atoms with Crippen LogP contribution in [0.25, 0.3) is 0 Å². The first-order chi connectivity index (χ1) is 9.72. The Hall–Kier alpha value is -1.68. The Bertz CT molecular complexity index is 573. The van der Waals surface area contributed by atoms with Crippen molar-refractivity contribution in [1.82, 2.24) is 15.1 Å². The van der Waals surface area contributed by atoms with E-state index in [0.29, 0.717) is 12.0 Å². The van der Waals surface area contributed by atoms with Gasteiger partial charge in [0.2, 0.25) is 0 Å². The molecule has 1 saturated carbocycles. The van der Waals surface area contributed by atoms with Crippen LogP contribution in [0.15, 0.2) is 36.5 Å². The largest absolute Gasteiger partial charge is 0.314 e. The van der Waals surface area contributed by atoms with Crippen LogP contribution in [0.4, 0.5) is 4.39 Å². The Morgan fingerprint density at radius 2 is 2.10 bits per heavy atom. The third kappa shape index (κ3) is 2.90. The first-order valence-corrected chi connectivity index (χ1v) is 7.18. The molecule has 1 aromatic heterocycles. The maximum atomic E-state index is 13.6. The molecule has 4 heteroatoms. The highest BCUT2D eigenvalue weighted by Crippen LogP contribution is 2.37. The Morgan fingerprint density at radius 1 is 1.30 bits per heavy atom. The van der Waals surface area contributed by atoms with Crippen molar-refractivity contribution in [2.45, 2.75) is 31.2 Å². The van der Waals surface area contributed by atoms with Gasteiger partial charge in [-0.15, -0.1) is 0 Å². The molecule has 0 radical (unpaired) electrons. The molecular weight excluding hydrogens is 253 g/mol. The molecule has 20 heavy (non-hydrogen) atoms. The Morgan fingerprint density at radius 3 is 2.80 bits per heavy atom. The summed E-state index contributed by atoms with van der Waals surface area (Å²) in [5.41, 5.74) is 1.99. The molecule has 1 aliphatic rings. The molecule has 0 amide bonds. The lowest BCUT2D eigenvalue weighted by Gasteiger charge is -2.36. The quantitative estimate of drug-likeness (QED) is 0.907. The van der Waals surface area contributed by atoms with Gasteiger partial charge in [-0.3, -0.25) is 4.68 Å². The number of hydrogen-bond acceptors (Lipinski definition) is 2. The molecule has 0 saturated heterocycles. The Kier molecular flexibility index (Phi) is 3.83. The molecule has 106 valence electrons. The van der Waals surface area contributed by atoms with Gasteiger partial charge in [0.05, 0.1) is 5.69 Å². The van der Waals surface area contributed by atoms with E-state index in [0.717, 1.165) is 37.1 Å². The number of nitrogens with one attached hydrogen (secondary N) is 1. The predicted octanol–water partition coefficient (Wildman–Crippen LogP) is 2.64. The molecule has 2 aromatic rings. The van der Waals surface area contributed by atoms with E-state index in [1.165, 1.54) is 0 Å². The van der Waals surface area contributed by atoms with Crippen molar-refractivity contribution in [1.29, 1.82) is 0 Å². The topological polar surface area (TPSA) is 29.9 Å². The second kappa shape index (κ2) is 5.75. The van der Waals surface area contributed by atoms with Gasteiger partial charge >= 0.3 is 0 Å². The lowest BCUT2D eigenvalue weighted by atomic mass is 9.75. The van der Waals surface area contributed by atoms with Gasteiger partial charge in [-0.1, -0.05) is 18.2 Å². The van der Waals surface area contributed by atoms with E-state index in [1.807, 2.05) is 36.1 Å². The molecule has 1 fully saturated rings. The fourth-order valence-electron chi connectivity index (χ4n) is 2.85. The zero-order chi connectivity index (χ0) is 13.9. The molecule has 3 nitrogen and oxygen atoms in total. The summed E-state index contributed by atoms with van der Waals surface area (Å²) in [4.78, 5) is 0. The van der Waals surface area contributed by atoms with Gasteiger partial charge in [0.15, 0.2) is 0 Å². The van der Waals surface area contributed by atoms with Crippen LogP contribution in [0.3, 0.4) is 0 Å². The van der Waals surface area contributed by atoms with Gasteiger partial charge in [-0.05, 0) is 36.5 Å².